The number of fused-ring (bicyclic) bond motifs is 1. The van der Waals surface area contributed by atoms with E-state index in [1.54, 1.807) is 6.07 Å². The van der Waals surface area contributed by atoms with Gasteiger partial charge in [-0.15, -0.1) is 0 Å². The molecule has 2 rings (SSSR count). The SMILES string of the molecule is CCCCCCCCCCCCCc1ccc2ccc(S(=O)(=O)[O-])c(CCCCCCCCCCCCC)c2c1.[Na+]. The first-order valence-electron chi connectivity index (χ1n) is 17.0. The number of hydrogen-bond donors (Lipinski definition) is 0. The molecule has 5 heteroatoms. The molecule has 0 saturated carbocycles. The fraction of sp³-hybridized carbons (Fsp3) is 0.722. The van der Waals surface area contributed by atoms with Crippen molar-refractivity contribution in [3.05, 3.63) is 41.5 Å². The van der Waals surface area contributed by atoms with Crippen molar-refractivity contribution in [1.29, 1.82) is 0 Å². The Morgan fingerprint density at radius 3 is 1.37 bits per heavy atom. The summed E-state index contributed by atoms with van der Waals surface area (Å²) < 4.78 is 36.3. The van der Waals surface area contributed by atoms with E-state index in [9.17, 15) is 13.0 Å². The Balaban J connectivity index is 0.00000840. The van der Waals surface area contributed by atoms with Gasteiger partial charge < -0.3 is 4.55 Å². The van der Waals surface area contributed by atoms with Crippen molar-refractivity contribution in [2.75, 3.05) is 0 Å². The van der Waals surface area contributed by atoms with Gasteiger partial charge in [0, 0.05) is 0 Å². The van der Waals surface area contributed by atoms with Crippen molar-refractivity contribution in [3.8, 4) is 0 Å². The van der Waals surface area contributed by atoms with Crippen LogP contribution in [0.3, 0.4) is 0 Å². The molecule has 0 heterocycles. The molecular weight excluding hydrogens is 535 g/mol. The quantitative estimate of drug-likeness (QED) is 0.0658. The first kappa shape index (κ1) is 38.6. The number of rotatable bonds is 25. The van der Waals surface area contributed by atoms with Crippen molar-refractivity contribution in [2.24, 2.45) is 0 Å². The maximum Gasteiger partial charge on any atom is 1.00 e. The fourth-order valence-electron chi connectivity index (χ4n) is 6.02. The summed E-state index contributed by atoms with van der Waals surface area (Å²) in [6, 6.07) is 9.77. The Labute approximate surface area is 276 Å². The Morgan fingerprint density at radius 1 is 0.537 bits per heavy atom. The first-order valence-corrected chi connectivity index (χ1v) is 18.4. The molecule has 0 aliphatic heterocycles. The molecule has 2 aromatic carbocycles. The van der Waals surface area contributed by atoms with Crippen LogP contribution in [0.25, 0.3) is 10.8 Å². The Bertz CT molecular complexity index is 1030. The monoisotopic (exact) mass is 594 g/mol. The molecule has 0 N–H and O–H groups in total. The van der Waals surface area contributed by atoms with E-state index in [1.807, 2.05) is 0 Å². The molecule has 228 valence electrons. The average Bonchev–Trinajstić information content (AvgIpc) is 2.94. The molecule has 0 amide bonds. The van der Waals surface area contributed by atoms with Gasteiger partial charge in [0.05, 0.1) is 4.90 Å². The van der Waals surface area contributed by atoms with E-state index in [-0.39, 0.29) is 34.5 Å². The van der Waals surface area contributed by atoms with Crippen LogP contribution < -0.4 is 29.6 Å². The molecule has 41 heavy (non-hydrogen) atoms. The number of hydrogen-bond acceptors (Lipinski definition) is 3. The van der Waals surface area contributed by atoms with Gasteiger partial charge in [-0.1, -0.05) is 167 Å². The molecular formula is C36H59NaO3S. The molecule has 0 atom stereocenters. The zero-order valence-electron chi connectivity index (χ0n) is 27.0. The summed E-state index contributed by atoms with van der Waals surface area (Å²) >= 11 is 0. The van der Waals surface area contributed by atoms with Crippen molar-refractivity contribution >= 4 is 20.9 Å². The summed E-state index contributed by atoms with van der Waals surface area (Å²) in [5.74, 6) is 0. The van der Waals surface area contributed by atoms with Crippen LogP contribution in [0.5, 0.6) is 0 Å². The van der Waals surface area contributed by atoms with Crippen molar-refractivity contribution in [1.82, 2.24) is 0 Å². The second-order valence-corrected chi connectivity index (χ2v) is 13.5. The Kier molecular flexibility index (Phi) is 22.6. The minimum Gasteiger partial charge on any atom is -0.744 e. The predicted octanol–water partition coefficient (Wildman–Crippen LogP) is 8.45. The predicted molar refractivity (Wildman–Crippen MR) is 172 cm³/mol. The maximum absolute atomic E-state index is 12.1. The normalized spacial score (nSPS) is 11.7. The van der Waals surface area contributed by atoms with Gasteiger partial charge in [0.1, 0.15) is 10.1 Å². The van der Waals surface area contributed by atoms with Crippen LogP contribution in [-0.2, 0) is 23.0 Å². The number of benzene rings is 2. The molecule has 0 unspecified atom stereocenters. The van der Waals surface area contributed by atoms with Crippen LogP contribution in [-0.4, -0.2) is 13.0 Å². The summed E-state index contributed by atoms with van der Waals surface area (Å²) in [6.07, 6.45) is 30.1. The first-order chi connectivity index (χ1) is 19.5. The Hall–Kier alpha value is -0.390. The smallest absolute Gasteiger partial charge is 0.744 e. The third-order valence-electron chi connectivity index (χ3n) is 8.52. The van der Waals surface area contributed by atoms with Gasteiger partial charge in [-0.2, -0.15) is 0 Å². The van der Waals surface area contributed by atoms with Gasteiger partial charge in [0.2, 0.25) is 0 Å². The van der Waals surface area contributed by atoms with E-state index in [4.69, 9.17) is 0 Å². The van der Waals surface area contributed by atoms with Gasteiger partial charge in [-0.3, -0.25) is 0 Å². The molecule has 0 fully saturated rings. The van der Waals surface area contributed by atoms with Crippen molar-refractivity contribution in [2.45, 2.75) is 173 Å². The summed E-state index contributed by atoms with van der Waals surface area (Å²) in [5.41, 5.74) is 1.99. The third kappa shape index (κ3) is 16.9. The van der Waals surface area contributed by atoms with Gasteiger partial charge in [-0.05, 0) is 53.6 Å². The minimum absolute atomic E-state index is 0. The summed E-state index contributed by atoms with van der Waals surface area (Å²) in [7, 11) is -4.49. The van der Waals surface area contributed by atoms with E-state index < -0.39 is 10.1 Å². The molecule has 0 aliphatic rings. The Morgan fingerprint density at radius 2 is 0.927 bits per heavy atom. The number of unbranched alkanes of at least 4 members (excludes halogenated alkanes) is 20. The summed E-state index contributed by atoms with van der Waals surface area (Å²) in [4.78, 5) is -0.0149. The van der Waals surface area contributed by atoms with Gasteiger partial charge in [0.15, 0.2) is 0 Å². The van der Waals surface area contributed by atoms with Crippen LogP contribution in [0.15, 0.2) is 35.2 Å². The van der Waals surface area contributed by atoms with Gasteiger partial charge in [-0.25, -0.2) is 8.42 Å². The zero-order valence-corrected chi connectivity index (χ0v) is 29.8. The molecule has 0 bridgehead atoms. The molecule has 3 nitrogen and oxygen atoms in total. The van der Waals surface area contributed by atoms with Gasteiger partial charge in [0.25, 0.3) is 0 Å². The van der Waals surface area contributed by atoms with Crippen LogP contribution in [0.4, 0.5) is 0 Å². The largest absolute Gasteiger partial charge is 1.00 e. The summed E-state index contributed by atoms with van der Waals surface area (Å²) in [5, 5.41) is 2.00. The molecule has 0 aromatic heterocycles. The van der Waals surface area contributed by atoms with E-state index in [1.165, 1.54) is 134 Å². The third-order valence-corrected chi connectivity index (χ3v) is 9.44. The zero-order chi connectivity index (χ0) is 28.9. The average molecular weight is 595 g/mol. The van der Waals surface area contributed by atoms with Crippen LogP contribution in [0.1, 0.15) is 166 Å². The van der Waals surface area contributed by atoms with E-state index in [2.05, 4.69) is 32.0 Å². The molecule has 0 spiro atoms. The fourth-order valence-corrected chi connectivity index (χ4v) is 6.76. The molecule has 2 aromatic rings. The molecule has 0 radical (unpaired) electrons. The van der Waals surface area contributed by atoms with Crippen LogP contribution in [0, 0.1) is 0 Å². The topological polar surface area (TPSA) is 57.2 Å². The van der Waals surface area contributed by atoms with Gasteiger partial charge >= 0.3 is 29.6 Å². The van der Waals surface area contributed by atoms with E-state index in [0.717, 1.165) is 42.0 Å². The minimum atomic E-state index is -4.49. The van der Waals surface area contributed by atoms with Crippen LogP contribution >= 0.6 is 0 Å². The summed E-state index contributed by atoms with van der Waals surface area (Å²) in [6.45, 7) is 4.53. The second-order valence-electron chi connectivity index (χ2n) is 12.1. The molecule has 0 saturated heterocycles. The number of aryl methyl sites for hydroxylation is 2. The van der Waals surface area contributed by atoms with Crippen LogP contribution in [0.2, 0.25) is 0 Å². The molecule has 0 aliphatic carbocycles. The van der Waals surface area contributed by atoms with E-state index in [0.29, 0.717) is 6.42 Å². The second kappa shape index (κ2) is 24.0. The van der Waals surface area contributed by atoms with Crippen molar-refractivity contribution in [3.63, 3.8) is 0 Å². The van der Waals surface area contributed by atoms with E-state index >= 15 is 0 Å². The standard InChI is InChI=1S/C36H60O3S.Na/c1-3-5-7-9-11-13-15-17-19-21-23-25-32-27-28-33-29-30-36(40(37,38)39)34(35(33)31-32)26-24-22-20-18-16-14-12-10-8-6-4-2;/h27-31H,3-26H2,1-2H3,(H,37,38,39);/q;+1/p-1. The van der Waals surface area contributed by atoms with Crippen molar-refractivity contribution < 1.29 is 42.5 Å². The maximum atomic E-state index is 12.1.